The molecule has 17 heavy (non-hydrogen) atoms. The lowest BCUT2D eigenvalue weighted by Gasteiger charge is -2.14. The largest absolute Gasteiger partial charge is 0.305 e. The van der Waals surface area contributed by atoms with Gasteiger partial charge in [-0.05, 0) is 43.0 Å². The van der Waals surface area contributed by atoms with Crippen LogP contribution in [0.4, 0.5) is 4.39 Å². The molecule has 2 unspecified atom stereocenters. The average Bonchev–Trinajstić information content (AvgIpc) is 2.70. The van der Waals surface area contributed by atoms with Gasteiger partial charge in [0.2, 0.25) is 0 Å². The standard InChI is InChI=1S/C14H14FNS/c1-16-7-10-6-14(10,8-16)13-4-9-2-3-11(15)5-12(9)17-13/h2-5,10H,6-8H2,1H3. The summed E-state index contributed by atoms with van der Waals surface area (Å²) in [7, 11) is 2.20. The van der Waals surface area contributed by atoms with E-state index in [1.165, 1.54) is 29.8 Å². The Kier molecular flexibility index (Phi) is 1.82. The molecule has 1 aliphatic heterocycles. The number of hydrogen-bond donors (Lipinski definition) is 0. The van der Waals surface area contributed by atoms with E-state index in [-0.39, 0.29) is 5.82 Å². The molecule has 2 aromatic rings. The summed E-state index contributed by atoms with van der Waals surface area (Å²) >= 11 is 1.78. The Labute approximate surface area is 104 Å². The summed E-state index contributed by atoms with van der Waals surface area (Å²) in [6, 6.07) is 7.40. The molecule has 2 atom stereocenters. The van der Waals surface area contributed by atoms with Crippen molar-refractivity contribution in [2.75, 3.05) is 20.1 Å². The van der Waals surface area contributed by atoms with E-state index in [1.54, 1.807) is 23.5 Å². The van der Waals surface area contributed by atoms with E-state index in [9.17, 15) is 4.39 Å². The molecular weight excluding hydrogens is 233 g/mol. The first-order valence-corrected chi connectivity index (χ1v) is 6.87. The third-order valence-electron chi connectivity index (χ3n) is 4.29. The van der Waals surface area contributed by atoms with Crippen LogP contribution in [0.3, 0.4) is 0 Å². The molecule has 88 valence electrons. The molecule has 1 saturated heterocycles. The van der Waals surface area contributed by atoms with Crippen molar-refractivity contribution in [3.8, 4) is 0 Å². The van der Waals surface area contributed by atoms with E-state index in [0.717, 1.165) is 10.6 Å². The third kappa shape index (κ3) is 1.33. The van der Waals surface area contributed by atoms with E-state index in [4.69, 9.17) is 0 Å². The van der Waals surface area contributed by atoms with Gasteiger partial charge in [0.1, 0.15) is 5.82 Å². The summed E-state index contributed by atoms with van der Waals surface area (Å²) < 4.78 is 14.3. The number of benzene rings is 1. The van der Waals surface area contributed by atoms with Gasteiger partial charge in [-0.2, -0.15) is 0 Å². The van der Waals surface area contributed by atoms with E-state index < -0.39 is 0 Å². The monoisotopic (exact) mass is 247 g/mol. The Morgan fingerprint density at radius 2 is 2.29 bits per heavy atom. The summed E-state index contributed by atoms with van der Waals surface area (Å²) in [4.78, 5) is 3.88. The highest BCUT2D eigenvalue weighted by Gasteiger charge is 2.60. The minimum Gasteiger partial charge on any atom is -0.305 e. The number of piperidine rings is 1. The van der Waals surface area contributed by atoms with Crippen molar-refractivity contribution in [3.05, 3.63) is 35.0 Å². The lowest BCUT2D eigenvalue weighted by Crippen LogP contribution is -2.21. The van der Waals surface area contributed by atoms with E-state index >= 15 is 0 Å². The van der Waals surface area contributed by atoms with Gasteiger partial charge in [0.25, 0.3) is 0 Å². The topological polar surface area (TPSA) is 3.24 Å². The zero-order valence-electron chi connectivity index (χ0n) is 9.74. The van der Waals surface area contributed by atoms with Crippen LogP contribution in [-0.4, -0.2) is 25.0 Å². The fourth-order valence-electron chi connectivity index (χ4n) is 3.37. The van der Waals surface area contributed by atoms with Gasteiger partial charge in [-0.15, -0.1) is 11.3 Å². The second kappa shape index (κ2) is 3.09. The maximum Gasteiger partial charge on any atom is 0.124 e. The van der Waals surface area contributed by atoms with E-state index in [2.05, 4.69) is 18.0 Å². The van der Waals surface area contributed by atoms with Gasteiger partial charge in [0.15, 0.2) is 0 Å². The molecule has 1 aliphatic carbocycles. The SMILES string of the molecule is CN1CC2CC2(c2cc3ccc(F)cc3s2)C1. The molecule has 1 nitrogen and oxygen atoms in total. The molecule has 0 bridgehead atoms. The highest BCUT2D eigenvalue weighted by atomic mass is 32.1. The molecule has 2 fully saturated rings. The number of likely N-dealkylation sites (N-methyl/N-ethyl adjacent to an activating group) is 1. The number of likely N-dealkylation sites (tertiary alicyclic amines) is 1. The minimum absolute atomic E-state index is 0.126. The van der Waals surface area contributed by atoms with Crippen LogP contribution in [0, 0.1) is 11.7 Å². The van der Waals surface area contributed by atoms with Crippen LogP contribution in [0.1, 0.15) is 11.3 Å². The first-order valence-electron chi connectivity index (χ1n) is 6.05. The van der Waals surface area contributed by atoms with Crippen molar-refractivity contribution >= 4 is 21.4 Å². The molecule has 2 aliphatic rings. The Morgan fingerprint density at radius 1 is 1.41 bits per heavy atom. The Hall–Kier alpha value is -0.930. The first-order chi connectivity index (χ1) is 8.17. The molecule has 0 N–H and O–H groups in total. The maximum absolute atomic E-state index is 13.2. The summed E-state index contributed by atoms with van der Waals surface area (Å²) in [6.07, 6.45) is 1.33. The van der Waals surface area contributed by atoms with Crippen LogP contribution in [0.25, 0.3) is 10.1 Å². The number of thiophene rings is 1. The third-order valence-corrected chi connectivity index (χ3v) is 5.61. The van der Waals surface area contributed by atoms with Gasteiger partial charge in [0.05, 0.1) is 0 Å². The fourth-order valence-corrected chi connectivity index (χ4v) is 4.72. The predicted octanol–water partition coefficient (Wildman–Crippen LogP) is 3.24. The van der Waals surface area contributed by atoms with Crippen LogP contribution in [-0.2, 0) is 5.41 Å². The quantitative estimate of drug-likeness (QED) is 0.747. The normalized spacial score (nSPS) is 32.0. The molecule has 1 saturated carbocycles. The van der Waals surface area contributed by atoms with Gasteiger partial charge < -0.3 is 4.90 Å². The second-order valence-corrected chi connectivity index (χ2v) is 6.63. The van der Waals surface area contributed by atoms with Crippen molar-refractivity contribution in [3.63, 3.8) is 0 Å². The maximum atomic E-state index is 13.2. The zero-order valence-corrected chi connectivity index (χ0v) is 10.6. The number of nitrogens with zero attached hydrogens (tertiary/aromatic N) is 1. The Morgan fingerprint density at radius 3 is 3.06 bits per heavy atom. The molecule has 1 aromatic heterocycles. The van der Waals surface area contributed by atoms with Crippen LogP contribution in [0.5, 0.6) is 0 Å². The van der Waals surface area contributed by atoms with Crippen LogP contribution in [0.15, 0.2) is 24.3 Å². The van der Waals surface area contributed by atoms with Crippen molar-refractivity contribution < 1.29 is 4.39 Å². The van der Waals surface area contributed by atoms with Gasteiger partial charge in [-0.1, -0.05) is 6.07 Å². The molecule has 0 radical (unpaired) electrons. The highest BCUT2D eigenvalue weighted by molar-refractivity contribution is 7.19. The van der Waals surface area contributed by atoms with E-state index in [1.807, 2.05) is 6.07 Å². The number of fused-ring (bicyclic) bond motifs is 2. The van der Waals surface area contributed by atoms with Gasteiger partial charge in [-0.3, -0.25) is 0 Å². The van der Waals surface area contributed by atoms with Crippen molar-refractivity contribution in [1.82, 2.24) is 4.90 Å². The molecule has 1 aromatic carbocycles. The predicted molar refractivity (Wildman–Crippen MR) is 69.1 cm³/mol. The minimum atomic E-state index is -0.126. The van der Waals surface area contributed by atoms with Crippen LogP contribution in [0.2, 0.25) is 0 Å². The molecule has 2 heterocycles. The fraction of sp³-hybridized carbons (Fsp3) is 0.429. The summed E-state index contributed by atoms with van der Waals surface area (Å²) in [5, 5.41) is 1.20. The average molecular weight is 247 g/mol. The van der Waals surface area contributed by atoms with Crippen molar-refractivity contribution in [1.29, 1.82) is 0 Å². The smallest absolute Gasteiger partial charge is 0.124 e. The lowest BCUT2D eigenvalue weighted by atomic mass is 10.0. The van der Waals surface area contributed by atoms with Gasteiger partial charge in [0, 0.05) is 28.1 Å². The molecular formula is C14H14FNS. The lowest BCUT2D eigenvalue weighted by molar-refractivity contribution is 0.364. The molecule has 4 rings (SSSR count). The summed E-state index contributed by atoms with van der Waals surface area (Å²) in [5.41, 5.74) is 0.412. The Balaban J connectivity index is 1.82. The van der Waals surface area contributed by atoms with Gasteiger partial charge >= 0.3 is 0 Å². The number of hydrogen-bond acceptors (Lipinski definition) is 2. The van der Waals surface area contributed by atoms with E-state index in [0.29, 0.717) is 5.41 Å². The number of halogens is 1. The van der Waals surface area contributed by atoms with Gasteiger partial charge in [-0.25, -0.2) is 4.39 Å². The Bertz CT molecular complexity index is 605. The molecule has 3 heteroatoms. The second-order valence-electron chi connectivity index (χ2n) is 5.55. The van der Waals surface area contributed by atoms with Crippen LogP contribution >= 0.6 is 11.3 Å². The molecule has 0 spiro atoms. The first kappa shape index (κ1) is 10.0. The summed E-state index contributed by atoms with van der Waals surface area (Å²) in [6.45, 7) is 2.40. The van der Waals surface area contributed by atoms with Crippen LogP contribution < -0.4 is 0 Å². The molecule has 0 amide bonds. The number of rotatable bonds is 1. The zero-order chi connectivity index (χ0) is 11.6. The van der Waals surface area contributed by atoms with Crippen molar-refractivity contribution in [2.24, 2.45) is 5.92 Å². The van der Waals surface area contributed by atoms with Crippen molar-refractivity contribution in [2.45, 2.75) is 11.8 Å². The summed E-state index contributed by atoms with van der Waals surface area (Å²) in [5.74, 6) is 0.713. The highest BCUT2D eigenvalue weighted by Crippen LogP contribution is 2.60.